The summed E-state index contributed by atoms with van der Waals surface area (Å²) in [6.45, 7) is 2.62. The number of aliphatic hydroxyl groups excluding tert-OH is 1. The number of pyridine rings is 1. The Kier molecular flexibility index (Phi) is 4.47. The molecule has 0 unspecified atom stereocenters. The summed E-state index contributed by atoms with van der Waals surface area (Å²) in [5.74, 6) is 0. The standard InChI is InChI=1S/C19H20N2O/c1-14(21-13-19(22)16-8-5-11-20-12-16)17-10-4-7-15-6-2-3-9-18(15)17/h2-12,14,19,21-22H,13H2,1H3/t14-,19+/m1/s1. The highest BCUT2D eigenvalue weighted by Gasteiger charge is 2.12. The van der Waals surface area contributed by atoms with Gasteiger partial charge in [-0.2, -0.15) is 0 Å². The van der Waals surface area contributed by atoms with Crippen molar-refractivity contribution in [3.8, 4) is 0 Å². The number of aromatic nitrogens is 1. The molecule has 0 fully saturated rings. The molecule has 2 N–H and O–H groups in total. The summed E-state index contributed by atoms with van der Waals surface area (Å²) < 4.78 is 0. The number of rotatable bonds is 5. The minimum absolute atomic E-state index is 0.164. The lowest BCUT2D eigenvalue weighted by Gasteiger charge is -2.19. The molecule has 2 aromatic carbocycles. The summed E-state index contributed by atoms with van der Waals surface area (Å²) in [5.41, 5.74) is 2.08. The van der Waals surface area contributed by atoms with Gasteiger partial charge in [0, 0.05) is 30.5 Å². The molecular formula is C19H20N2O. The monoisotopic (exact) mass is 292 g/mol. The van der Waals surface area contributed by atoms with Crippen LogP contribution in [-0.2, 0) is 0 Å². The van der Waals surface area contributed by atoms with Crippen molar-refractivity contribution in [1.82, 2.24) is 10.3 Å². The van der Waals surface area contributed by atoms with Crippen LogP contribution in [-0.4, -0.2) is 16.6 Å². The average molecular weight is 292 g/mol. The fourth-order valence-corrected chi connectivity index (χ4v) is 2.72. The maximum absolute atomic E-state index is 10.2. The fraction of sp³-hybridized carbons (Fsp3) is 0.211. The summed E-state index contributed by atoms with van der Waals surface area (Å²) in [6, 6.07) is 18.6. The zero-order valence-electron chi connectivity index (χ0n) is 12.6. The largest absolute Gasteiger partial charge is 0.387 e. The lowest BCUT2D eigenvalue weighted by atomic mass is 9.99. The van der Waals surface area contributed by atoms with Crippen LogP contribution in [0.4, 0.5) is 0 Å². The molecule has 0 bridgehead atoms. The van der Waals surface area contributed by atoms with E-state index < -0.39 is 6.10 Å². The topological polar surface area (TPSA) is 45.1 Å². The molecule has 2 atom stereocenters. The molecule has 22 heavy (non-hydrogen) atoms. The fourth-order valence-electron chi connectivity index (χ4n) is 2.72. The SMILES string of the molecule is C[C@@H](NC[C@H](O)c1cccnc1)c1cccc2ccccc12. The van der Waals surface area contributed by atoms with Gasteiger partial charge in [0.2, 0.25) is 0 Å². The number of hydrogen-bond donors (Lipinski definition) is 2. The molecule has 3 aromatic rings. The van der Waals surface area contributed by atoms with Crippen LogP contribution in [0.2, 0.25) is 0 Å². The second kappa shape index (κ2) is 6.69. The van der Waals surface area contributed by atoms with Gasteiger partial charge >= 0.3 is 0 Å². The molecule has 0 saturated carbocycles. The highest BCUT2D eigenvalue weighted by Crippen LogP contribution is 2.24. The first-order chi connectivity index (χ1) is 10.8. The van der Waals surface area contributed by atoms with E-state index in [4.69, 9.17) is 0 Å². The van der Waals surface area contributed by atoms with Gasteiger partial charge in [0.1, 0.15) is 0 Å². The van der Waals surface area contributed by atoms with Gasteiger partial charge < -0.3 is 10.4 Å². The third kappa shape index (κ3) is 3.16. The van der Waals surface area contributed by atoms with Crippen molar-refractivity contribution in [3.05, 3.63) is 78.1 Å². The third-order valence-corrected chi connectivity index (χ3v) is 3.98. The molecule has 0 saturated heterocycles. The number of fused-ring (bicyclic) bond motifs is 1. The Labute approximate surface area is 130 Å². The molecule has 3 rings (SSSR count). The predicted octanol–water partition coefficient (Wildman–Crippen LogP) is 3.62. The van der Waals surface area contributed by atoms with Crippen molar-refractivity contribution in [1.29, 1.82) is 0 Å². The second-order valence-electron chi connectivity index (χ2n) is 5.50. The number of nitrogens with zero attached hydrogens (tertiary/aromatic N) is 1. The van der Waals surface area contributed by atoms with Crippen molar-refractivity contribution in [3.63, 3.8) is 0 Å². The second-order valence-corrected chi connectivity index (χ2v) is 5.50. The van der Waals surface area contributed by atoms with Crippen LogP contribution in [0.25, 0.3) is 10.8 Å². The molecule has 3 heteroatoms. The normalized spacial score (nSPS) is 13.9. The van der Waals surface area contributed by atoms with Crippen molar-refractivity contribution < 1.29 is 5.11 Å². The minimum atomic E-state index is -0.550. The van der Waals surface area contributed by atoms with Gasteiger partial charge in [0.25, 0.3) is 0 Å². The Morgan fingerprint density at radius 1 is 1.05 bits per heavy atom. The predicted molar refractivity (Wildman–Crippen MR) is 89.6 cm³/mol. The highest BCUT2D eigenvalue weighted by atomic mass is 16.3. The smallest absolute Gasteiger partial charge is 0.0929 e. The molecule has 0 aliphatic carbocycles. The van der Waals surface area contributed by atoms with Gasteiger partial charge in [-0.15, -0.1) is 0 Å². The van der Waals surface area contributed by atoms with Crippen LogP contribution < -0.4 is 5.32 Å². The van der Waals surface area contributed by atoms with Gasteiger partial charge in [-0.05, 0) is 29.3 Å². The van der Waals surface area contributed by atoms with E-state index in [1.807, 2.05) is 12.1 Å². The molecule has 0 amide bonds. The quantitative estimate of drug-likeness (QED) is 0.755. The van der Waals surface area contributed by atoms with Gasteiger partial charge in [-0.25, -0.2) is 0 Å². The number of benzene rings is 2. The van der Waals surface area contributed by atoms with Crippen LogP contribution in [0.3, 0.4) is 0 Å². The van der Waals surface area contributed by atoms with E-state index >= 15 is 0 Å². The van der Waals surface area contributed by atoms with Crippen molar-refractivity contribution in [2.24, 2.45) is 0 Å². The van der Waals surface area contributed by atoms with E-state index in [0.29, 0.717) is 6.54 Å². The Morgan fingerprint density at radius 3 is 2.68 bits per heavy atom. The van der Waals surface area contributed by atoms with E-state index in [1.165, 1.54) is 16.3 Å². The summed E-state index contributed by atoms with van der Waals surface area (Å²) >= 11 is 0. The highest BCUT2D eigenvalue weighted by molar-refractivity contribution is 5.86. The maximum Gasteiger partial charge on any atom is 0.0929 e. The average Bonchev–Trinajstić information content (AvgIpc) is 2.59. The minimum Gasteiger partial charge on any atom is -0.387 e. The van der Waals surface area contributed by atoms with Crippen LogP contribution in [0, 0.1) is 0 Å². The lowest BCUT2D eigenvalue weighted by Crippen LogP contribution is -2.24. The van der Waals surface area contributed by atoms with E-state index in [-0.39, 0.29) is 6.04 Å². The Morgan fingerprint density at radius 2 is 1.86 bits per heavy atom. The molecule has 0 aliphatic heterocycles. The van der Waals surface area contributed by atoms with E-state index in [0.717, 1.165) is 5.56 Å². The summed E-state index contributed by atoms with van der Waals surface area (Å²) in [4.78, 5) is 4.04. The molecule has 1 aromatic heterocycles. The van der Waals surface area contributed by atoms with Gasteiger partial charge in [0.05, 0.1) is 6.10 Å². The molecule has 3 nitrogen and oxygen atoms in total. The van der Waals surface area contributed by atoms with Crippen molar-refractivity contribution >= 4 is 10.8 Å². The molecular weight excluding hydrogens is 272 g/mol. The number of nitrogens with one attached hydrogen (secondary N) is 1. The zero-order valence-corrected chi connectivity index (χ0v) is 12.6. The first kappa shape index (κ1) is 14.7. The molecule has 0 radical (unpaired) electrons. The van der Waals surface area contributed by atoms with E-state index in [9.17, 15) is 5.11 Å². The van der Waals surface area contributed by atoms with Gasteiger partial charge in [-0.3, -0.25) is 4.98 Å². The van der Waals surface area contributed by atoms with Crippen LogP contribution in [0.5, 0.6) is 0 Å². The maximum atomic E-state index is 10.2. The van der Waals surface area contributed by atoms with Crippen molar-refractivity contribution in [2.45, 2.75) is 19.1 Å². The van der Waals surface area contributed by atoms with Crippen LogP contribution in [0.1, 0.15) is 30.2 Å². The first-order valence-corrected chi connectivity index (χ1v) is 7.55. The summed E-state index contributed by atoms with van der Waals surface area (Å²) in [5, 5.41) is 16.1. The molecule has 112 valence electrons. The Balaban J connectivity index is 1.73. The first-order valence-electron chi connectivity index (χ1n) is 7.55. The summed E-state index contributed by atoms with van der Waals surface area (Å²) in [6.07, 6.45) is 2.86. The third-order valence-electron chi connectivity index (χ3n) is 3.98. The summed E-state index contributed by atoms with van der Waals surface area (Å²) in [7, 11) is 0. The zero-order chi connectivity index (χ0) is 15.4. The van der Waals surface area contributed by atoms with E-state index in [1.54, 1.807) is 12.4 Å². The Bertz CT molecular complexity index is 737. The van der Waals surface area contributed by atoms with E-state index in [2.05, 4.69) is 59.7 Å². The number of hydrogen-bond acceptors (Lipinski definition) is 3. The molecule has 1 heterocycles. The van der Waals surface area contributed by atoms with Crippen LogP contribution >= 0.6 is 0 Å². The molecule has 0 spiro atoms. The van der Waals surface area contributed by atoms with Gasteiger partial charge in [-0.1, -0.05) is 48.5 Å². The van der Waals surface area contributed by atoms with Crippen LogP contribution in [0.15, 0.2) is 67.0 Å². The Hall–Kier alpha value is -2.23. The lowest BCUT2D eigenvalue weighted by molar-refractivity contribution is 0.170. The number of aliphatic hydroxyl groups is 1. The van der Waals surface area contributed by atoms with Gasteiger partial charge in [0.15, 0.2) is 0 Å². The molecule has 0 aliphatic rings. The van der Waals surface area contributed by atoms with Crippen molar-refractivity contribution in [2.75, 3.05) is 6.54 Å².